The zero-order valence-corrected chi connectivity index (χ0v) is 20.2. The molecule has 1 unspecified atom stereocenters. The highest BCUT2D eigenvalue weighted by Gasteiger charge is 2.30. The quantitative estimate of drug-likeness (QED) is 0.425. The molecule has 0 fully saturated rings. The average Bonchev–Trinajstić information content (AvgIpc) is 3.37. The zero-order valence-electron chi connectivity index (χ0n) is 20.2. The number of halogens is 2. The van der Waals surface area contributed by atoms with E-state index < -0.39 is 23.6 Å². The van der Waals surface area contributed by atoms with Crippen LogP contribution in [0.1, 0.15) is 27.9 Å². The van der Waals surface area contributed by atoms with Crippen molar-refractivity contribution in [1.82, 2.24) is 4.90 Å². The Labute approximate surface area is 207 Å². The molecule has 9 heteroatoms. The predicted molar refractivity (Wildman–Crippen MR) is 130 cm³/mol. The maximum absolute atomic E-state index is 14.5. The molecule has 3 aromatic rings. The molecule has 1 atom stereocenters. The number of amides is 1. The summed E-state index contributed by atoms with van der Waals surface area (Å²) in [5, 5.41) is 4.21. The molecule has 0 radical (unpaired) electrons. The fourth-order valence-electron chi connectivity index (χ4n) is 4.03. The topological polar surface area (TPSA) is 69.6 Å². The second kappa shape index (κ2) is 11.1. The van der Waals surface area contributed by atoms with E-state index in [-0.39, 0.29) is 24.2 Å². The molecule has 4 rings (SSSR count). The molecular weight excluding hydrogens is 470 g/mol. The van der Waals surface area contributed by atoms with Gasteiger partial charge >= 0.3 is 0 Å². The molecule has 0 bridgehead atoms. The summed E-state index contributed by atoms with van der Waals surface area (Å²) in [6, 6.07) is 15.5. The van der Waals surface area contributed by atoms with Crippen molar-refractivity contribution in [2.75, 3.05) is 27.9 Å². The fraction of sp³-hybridized carbons (Fsp3) is 0.259. The third kappa shape index (κ3) is 5.40. The van der Waals surface area contributed by atoms with Gasteiger partial charge in [0, 0.05) is 36.2 Å². The third-order valence-electron chi connectivity index (χ3n) is 5.88. The lowest BCUT2D eigenvalue weighted by Gasteiger charge is -2.26. The largest absolute Gasteiger partial charge is 0.497 e. The van der Waals surface area contributed by atoms with Gasteiger partial charge < -0.3 is 23.9 Å². The number of ether oxygens (including phenoxy) is 3. The standard InChI is InChI=1S/C27H26F2N2O5/c1-33-19-10-11-22(26(14-19)35-3)27(32)31(15-17-8-9-18(28)12-23(17)29)16-20-13-24(30-36-20)21-6-4-5-7-25(21)34-2/h4-12,14,20H,13,15-16H2,1-3H3. The Bertz CT molecular complexity index is 1280. The smallest absolute Gasteiger partial charge is 0.258 e. The Balaban J connectivity index is 1.60. The molecule has 7 nitrogen and oxygen atoms in total. The van der Waals surface area contributed by atoms with Gasteiger partial charge in [-0.3, -0.25) is 4.79 Å². The molecule has 0 spiro atoms. The van der Waals surface area contributed by atoms with Gasteiger partial charge in [-0.05, 0) is 30.3 Å². The lowest BCUT2D eigenvalue weighted by molar-refractivity contribution is 0.0401. The van der Waals surface area contributed by atoms with Crippen molar-refractivity contribution >= 4 is 11.6 Å². The molecule has 0 N–H and O–H groups in total. The Morgan fingerprint density at radius 2 is 1.78 bits per heavy atom. The molecule has 0 aliphatic carbocycles. The van der Waals surface area contributed by atoms with E-state index in [0.29, 0.717) is 29.4 Å². The van der Waals surface area contributed by atoms with Crippen molar-refractivity contribution in [3.05, 3.63) is 89.0 Å². The molecule has 1 heterocycles. The number of methoxy groups -OCH3 is 3. The predicted octanol–water partition coefficient (Wildman–Crippen LogP) is 4.83. The first kappa shape index (κ1) is 25.0. The molecule has 36 heavy (non-hydrogen) atoms. The number of oxime groups is 1. The normalized spacial score (nSPS) is 14.6. The number of benzene rings is 3. The Morgan fingerprint density at radius 1 is 1.00 bits per heavy atom. The van der Waals surface area contributed by atoms with E-state index >= 15 is 0 Å². The van der Waals surface area contributed by atoms with Gasteiger partial charge in [0.25, 0.3) is 5.91 Å². The number of para-hydroxylation sites is 1. The van der Waals surface area contributed by atoms with Crippen LogP contribution < -0.4 is 14.2 Å². The first-order valence-electron chi connectivity index (χ1n) is 11.2. The van der Waals surface area contributed by atoms with E-state index in [1.165, 1.54) is 25.2 Å². The summed E-state index contributed by atoms with van der Waals surface area (Å²) in [4.78, 5) is 20.7. The van der Waals surface area contributed by atoms with Crippen LogP contribution in [0.3, 0.4) is 0 Å². The van der Waals surface area contributed by atoms with Crippen LogP contribution in [0.5, 0.6) is 17.2 Å². The van der Waals surface area contributed by atoms with Gasteiger partial charge in [-0.2, -0.15) is 0 Å². The first-order chi connectivity index (χ1) is 17.4. The molecule has 0 saturated carbocycles. The van der Waals surface area contributed by atoms with Gasteiger partial charge in [0.2, 0.25) is 0 Å². The van der Waals surface area contributed by atoms with Crippen LogP contribution in [0.2, 0.25) is 0 Å². The Morgan fingerprint density at radius 3 is 2.50 bits per heavy atom. The molecule has 0 saturated heterocycles. The minimum atomic E-state index is -0.743. The third-order valence-corrected chi connectivity index (χ3v) is 5.88. The van der Waals surface area contributed by atoms with E-state index in [1.54, 1.807) is 25.3 Å². The number of hydrogen-bond acceptors (Lipinski definition) is 6. The van der Waals surface area contributed by atoms with Crippen molar-refractivity contribution < 1.29 is 32.6 Å². The Hall–Kier alpha value is -4.14. The highest BCUT2D eigenvalue weighted by atomic mass is 19.1. The lowest BCUT2D eigenvalue weighted by atomic mass is 10.0. The molecule has 1 aliphatic rings. The number of carbonyl (C=O) groups is 1. The summed E-state index contributed by atoms with van der Waals surface area (Å²) in [7, 11) is 4.53. The summed E-state index contributed by atoms with van der Waals surface area (Å²) >= 11 is 0. The zero-order chi connectivity index (χ0) is 25.7. The van der Waals surface area contributed by atoms with Gasteiger partial charge in [0.15, 0.2) is 6.10 Å². The molecule has 1 amide bonds. The van der Waals surface area contributed by atoms with Gasteiger partial charge in [-0.15, -0.1) is 0 Å². The minimum Gasteiger partial charge on any atom is -0.497 e. The molecule has 1 aliphatic heterocycles. The first-order valence-corrected chi connectivity index (χ1v) is 11.2. The van der Waals surface area contributed by atoms with Gasteiger partial charge in [0.05, 0.1) is 39.1 Å². The van der Waals surface area contributed by atoms with E-state index in [0.717, 1.165) is 17.7 Å². The van der Waals surface area contributed by atoms with Crippen molar-refractivity contribution in [1.29, 1.82) is 0 Å². The highest BCUT2D eigenvalue weighted by molar-refractivity contribution is 6.03. The van der Waals surface area contributed by atoms with Crippen molar-refractivity contribution in [2.45, 2.75) is 19.1 Å². The SMILES string of the molecule is COc1ccc(C(=O)N(Cc2ccc(F)cc2F)CC2CC(c3ccccc3OC)=NO2)c(OC)c1. The van der Waals surface area contributed by atoms with Crippen LogP contribution in [0.15, 0.2) is 65.8 Å². The van der Waals surface area contributed by atoms with E-state index in [2.05, 4.69) is 5.16 Å². The van der Waals surface area contributed by atoms with Gasteiger partial charge in [-0.25, -0.2) is 8.78 Å². The van der Waals surface area contributed by atoms with Gasteiger partial charge in [-0.1, -0.05) is 23.4 Å². The molecule has 3 aromatic carbocycles. The van der Waals surface area contributed by atoms with Crippen LogP contribution in [-0.2, 0) is 11.4 Å². The average molecular weight is 497 g/mol. The summed E-state index contributed by atoms with van der Waals surface area (Å²) in [5.74, 6) is -0.360. The van der Waals surface area contributed by atoms with E-state index in [1.807, 2.05) is 24.3 Å². The lowest BCUT2D eigenvalue weighted by Crippen LogP contribution is -2.37. The second-order valence-corrected chi connectivity index (χ2v) is 8.16. The minimum absolute atomic E-state index is 0.104. The second-order valence-electron chi connectivity index (χ2n) is 8.16. The van der Waals surface area contributed by atoms with Crippen LogP contribution >= 0.6 is 0 Å². The molecule has 188 valence electrons. The summed E-state index contributed by atoms with van der Waals surface area (Å²) in [5.41, 5.74) is 1.91. The van der Waals surface area contributed by atoms with Crippen molar-refractivity contribution in [3.63, 3.8) is 0 Å². The number of carbonyl (C=O) groups excluding carboxylic acids is 1. The number of rotatable bonds is 9. The van der Waals surface area contributed by atoms with Crippen molar-refractivity contribution in [3.8, 4) is 17.2 Å². The molecule has 0 aromatic heterocycles. The highest BCUT2D eigenvalue weighted by Crippen LogP contribution is 2.29. The summed E-state index contributed by atoms with van der Waals surface area (Å²) in [6.45, 7) is -0.00301. The maximum atomic E-state index is 14.5. The number of nitrogens with zero attached hydrogens (tertiary/aromatic N) is 2. The van der Waals surface area contributed by atoms with Crippen LogP contribution in [-0.4, -0.2) is 50.5 Å². The maximum Gasteiger partial charge on any atom is 0.258 e. The monoisotopic (exact) mass is 496 g/mol. The Kier molecular flexibility index (Phi) is 7.68. The van der Waals surface area contributed by atoms with Crippen molar-refractivity contribution in [2.24, 2.45) is 5.16 Å². The van der Waals surface area contributed by atoms with Crippen LogP contribution in [0.4, 0.5) is 8.78 Å². The summed E-state index contributed by atoms with van der Waals surface area (Å²) < 4.78 is 44.0. The van der Waals surface area contributed by atoms with Gasteiger partial charge in [0.1, 0.15) is 28.9 Å². The summed E-state index contributed by atoms with van der Waals surface area (Å²) in [6.07, 6.45) is -0.0721. The van der Waals surface area contributed by atoms with E-state index in [4.69, 9.17) is 19.0 Å². The van der Waals surface area contributed by atoms with Crippen LogP contribution in [0.25, 0.3) is 0 Å². The molecular formula is C27H26F2N2O5. The van der Waals surface area contributed by atoms with Crippen LogP contribution in [0, 0.1) is 11.6 Å². The fourth-order valence-corrected chi connectivity index (χ4v) is 4.03. The van der Waals surface area contributed by atoms with E-state index in [9.17, 15) is 13.6 Å². The number of hydrogen-bond donors (Lipinski definition) is 0.